The van der Waals surface area contributed by atoms with Crippen LogP contribution in [0.5, 0.6) is 5.75 Å². The van der Waals surface area contributed by atoms with Crippen LogP contribution in [0.15, 0.2) is 103 Å². The summed E-state index contributed by atoms with van der Waals surface area (Å²) in [7, 11) is 1.63. The van der Waals surface area contributed by atoms with Gasteiger partial charge in [0.2, 0.25) is 5.91 Å². The fraction of sp³-hybridized carbons (Fsp3) is 0.257. The van der Waals surface area contributed by atoms with E-state index in [1.54, 1.807) is 12.0 Å². The number of hydrogen-bond acceptors (Lipinski definition) is 5. The molecule has 42 heavy (non-hydrogen) atoms. The van der Waals surface area contributed by atoms with Crippen LogP contribution in [0.1, 0.15) is 29.5 Å². The van der Waals surface area contributed by atoms with Gasteiger partial charge in [-0.15, -0.1) is 0 Å². The highest BCUT2D eigenvalue weighted by molar-refractivity contribution is 5.86. The van der Waals surface area contributed by atoms with Gasteiger partial charge in [-0.3, -0.25) is 4.79 Å². The van der Waals surface area contributed by atoms with Gasteiger partial charge >= 0.3 is 6.09 Å². The molecule has 0 aliphatic heterocycles. The number of alkyl carbamates (subject to hydrolysis) is 1. The molecule has 2 N–H and O–H groups in total. The van der Waals surface area contributed by atoms with Crippen LogP contribution in [0.4, 0.5) is 10.5 Å². The van der Waals surface area contributed by atoms with E-state index in [-0.39, 0.29) is 18.4 Å². The zero-order chi connectivity index (χ0) is 29.3. The highest BCUT2D eigenvalue weighted by atomic mass is 16.5. The van der Waals surface area contributed by atoms with Gasteiger partial charge in [0, 0.05) is 37.7 Å². The molecule has 0 saturated heterocycles. The Hall–Kier alpha value is -4.78. The molecule has 1 aliphatic rings. The first-order valence-electron chi connectivity index (χ1n) is 14.4. The monoisotopic (exact) mass is 563 g/mol. The second-order valence-electron chi connectivity index (χ2n) is 10.3. The Morgan fingerprint density at radius 1 is 0.833 bits per heavy atom. The summed E-state index contributed by atoms with van der Waals surface area (Å²) in [5, 5.41) is 6.24. The lowest BCUT2D eigenvalue weighted by molar-refractivity contribution is -0.133. The molecule has 0 bridgehead atoms. The Balaban J connectivity index is 1.24. The fourth-order valence-corrected chi connectivity index (χ4v) is 5.52. The summed E-state index contributed by atoms with van der Waals surface area (Å²) < 4.78 is 11.0. The molecule has 4 aromatic carbocycles. The van der Waals surface area contributed by atoms with Gasteiger partial charge in [-0.2, -0.15) is 0 Å². The van der Waals surface area contributed by atoms with Crippen LogP contribution in [-0.4, -0.2) is 56.3 Å². The highest BCUT2D eigenvalue weighted by Gasteiger charge is 2.30. The van der Waals surface area contributed by atoms with E-state index in [4.69, 9.17) is 9.47 Å². The van der Waals surface area contributed by atoms with E-state index < -0.39 is 12.1 Å². The van der Waals surface area contributed by atoms with Crippen LogP contribution in [0.3, 0.4) is 0 Å². The van der Waals surface area contributed by atoms with Gasteiger partial charge < -0.3 is 25.0 Å². The summed E-state index contributed by atoms with van der Waals surface area (Å²) in [4.78, 5) is 28.7. The third-order valence-electron chi connectivity index (χ3n) is 7.71. The van der Waals surface area contributed by atoms with E-state index >= 15 is 0 Å². The summed E-state index contributed by atoms with van der Waals surface area (Å²) in [6.07, 6.45) is -0.231. The first kappa shape index (κ1) is 28.7. The number of amides is 2. The standard InChI is InChI=1S/C35H37N3O4/c1-3-38(22-21-36-26-17-19-27(41-2)20-18-26)34(39)33(23-25-11-5-4-6-12-25)37-35(40)42-24-32-30-15-9-7-13-28(30)29-14-8-10-16-31(29)32/h4-20,32-33,36H,3,21-24H2,1-2H3,(H,37,40). The number of fused-ring (bicyclic) bond motifs is 3. The average Bonchev–Trinajstić information content (AvgIpc) is 3.36. The number of nitrogens with zero attached hydrogens (tertiary/aromatic N) is 1. The number of hydrogen-bond donors (Lipinski definition) is 2. The molecule has 0 aromatic heterocycles. The summed E-state index contributed by atoms with van der Waals surface area (Å²) in [6, 6.07) is 33.1. The lowest BCUT2D eigenvalue weighted by Gasteiger charge is -2.27. The molecular weight excluding hydrogens is 526 g/mol. The molecule has 216 valence electrons. The molecule has 4 aromatic rings. The van der Waals surface area contributed by atoms with Crippen molar-refractivity contribution in [1.29, 1.82) is 0 Å². The Morgan fingerprint density at radius 3 is 2.07 bits per heavy atom. The van der Waals surface area contributed by atoms with Crippen molar-refractivity contribution in [2.24, 2.45) is 0 Å². The minimum Gasteiger partial charge on any atom is -0.497 e. The quantitative estimate of drug-likeness (QED) is 0.218. The number of benzene rings is 4. The van der Waals surface area contributed by atoms with Crippen LogP contribution < -0.4 is 15.4 Å². The molecule has 0 radical (unpaired) electrons. The normalized spacial score (nSPS) is 12.5. The van der Waals surface area contributed by atoms with Crippen molar-refractivity contribution in [2.45, 2.75) is 25.3 Å². The summed E-state index contributed by atoms with van der Waals surface area (Å²) in [6.45, 7) is 3.70. The molecule has 0 spiro atoms. The Bertz CT molecular complexity index is 1440. The molecule has 0 heterocycles. The number of methoxy groups -OCH3 is 1. The largest absolute Gasteiger partial charge is 0.497 e. The number of rotatable bonds is 12. The van der Waals surface area contributed by atoms with E-state index in [1.165, 1.54) is 11.1 Å². The van der Waals surface area contributed by atoms with Gasteiger partial charge in [-0.1, -0.05) is 78.9 Å². The van der Waals surface area contributed by atoms with Crippen LogP contribution in [0, 0.1) is 0 Å². The van der Waals surface area contributed by atoms with Crippen molar-refractivity contribution in [3.63, 3.8) is 0 Å². The second kappa shape index (κ2) is 13.7. The first-order chi connectivity index (χ1) is 20.6. The van der Waals surface area contributed by atoms with Crippen LogP contribution in [0.2, 0.25) is 0 Å². The minimum absolute atomic E-state index is 0.0532. The molecule has 2 amide bonds. The molecule has 5 rings (SSSR count). The van der Waals surface area contributed by atoms with Crippen LogP contribution in [0.25, 0.3) is 11.1 Å². The number of anilines is 1. The van der Waals surface area contributed by atoms with Gasteiger partial charge in [-0.25, -0.2) is 4.79 Å². The molecule has 1 unspecified atom stereocenters. The Kier molecular flexibility index (Phi) is 9.39. The Labute approximate surface area is 247 Å². The number of carbonyl (C=O) groups excluding carboxylic acids is 2. The number of nitrogens with one attached hydrogen (secondary N) is 2. The first-order valence-corrected chi connectivity index (χ1v) is 14.4. The van der Waals surface area contributed by atoms with Crippen molar-refractivity contribution < 1.29 is 19.1 Å². The van der Waals surface area contributed by atoms with Crippen molar-refractivity contribution in [3.05, 3.63) is 120 Å². The van der Waals surface area contributed by atoms with Crippen molar-refractivity contribution in [2.75, 3.05) is 38.7 Å². The third kappa shape index (κ3) is 6.74. The van der Waals surface area contributed by atoms with Gasteiger partial charge in [0.25, 0.3) is 0 Å². The van der Waals surface area contributed by atoms with Crippen molar-refractivity contribution in [3.8, 4) is 16.9 Å². The van der Waals surface area contributed by atoms with Crippen LogP contribution in [-0.2, 0) is 16.0 Å². The zero-order valence-electron chi connectivity index (χ0n) is 24.1. The summed E-state index contributed by atoms with van der Waals surface area (Å²) in [5.41, 5.74) is 6.52. The highest BCUT2D eigenvalue weighted by Crippen LogP contribution is 2.44. The van der Waals surface area contributed by atoms with E-state index in [0.29, 0.717) is 26.1 Å². The number of carbonyl (C=O) groups is 2. The molecule has 1 aliphatic carbocycles. The molecular formula is C35H37N3O4. The molecule has 7 nitrogen and oxygen atoms in total. The molecule has 0 fully saturated rings. The molecule has 1 atom stereocenters. The van der Waals surface area contributed by atoms with Gasteiger partial charge in [0.05, 0.1) is 7.11 Å². The second-order valence-corrected chi connectivity index (χ2v) is 10.3. The topological polar surface area (TPSA) is 79.9 Å². The maximum absolute atomic E-state index is 13.7. The predicted molar refractivity (Wildman–Crippen MR) is 166 cm³/mol. The summed E-state index contributed by atoms with van der Waals surface area (Å²) >= 11 is 0. The lowest BCUT2D eigenvalue weighted by Crippen LogP contribution is -2.51. The average molecular weight is 564 g/mol. The fourth-order valence-electron chi connectivity index (χ4n) is 5.52. The maximum Gasteiger partial charge on any atom is 0.407 e. The number of likely N-dealkylation sites (N-methyl/N-ethyl adjacent to an activating group) is 1. The van der Waals surface area contributed by atoms with Crippen LogP contribution >= 0.6 is 0 Å². The van der Waals surface area contributed by atoms with Crippen molar-refractivity contribution >= 4 is 17.7 Å². The molecule has 7 heteroatoms. The van der Waals surface area contributed by atoms with Gasteiger partial charge in [0.15, 0.2) is 0 Å². The van der Waals surface area contributed by atoms with E-state index in [9.17, 15) is 9.59 Å². The van der Waals surface area contributed by atoms with Crippen molar-refractivity contribution in [1.82, 2.24) is 10.2 Å². The predicted octanol–water partition coefficient (Wildman–Crippen LogP) is 6.11. The van der Waals surface area contributed by atoms with E-state index in [2.05, 4.69) is 34.9 Å². The lowest BCUT2D eigenvalue weighted by atomic mass is 9.98. The maximum atomic E-state index is 13.7. The number of ether oxygens (including phenoxy) is 2. The SMILES string of the molecule is CCN(CCNc1ccc(OC)cc1)C(=O)C(Cc1ccccc1)NC(=O)OCC1c2ccccc2-c2ccccc21. The zero-order valence-corrected chi connectivity index (χ0v) is 24.1. The van der Waals surface area contributed by atoms with E-state index in [1.807, 2.05) is 85.8 Å². The summed E-state index contributed by atoms with van der Waals surface area (Å²) in [5.74, 6) is 0.586. The minimum atomic E-state index is -0.760. The molecule has 0 saturated carbocycles. The van der Waals surface area contributed by atoms with Gasteiger partial charge in [-0.05, 0) is 59.0 Å². The van der Waals surface area contributed by atoms with Gasteiger partial charge in [0.1, 0.15) is 18.4 Å². The Morgan fingerprint density at radius 2 is 1.45 bits per heavy atom. The smallest absolute Gasteiger partial charge is 0.407 e. The van der Waals surface area contributed by atoms with E-state index in [0.717, 1.165) is 28.1 Å². The third-order valence-corrected chi connectivity index (χ3v) is 7.71.